The average Bonchev–Trinajstić information content (AvgIpc) is 2.73. The van der Waals surface area contributed by atoms with E-state index in [9.17, 15) is 8.42 Å². The molecule has 0 saturated carbocycles. The van der Waals surface area contributed by atoms with E-state index in [4.69, 9.17) is 11.6 Å². The van der Waals surface area contributed by atoms with Crippen LogP contribution in [0.5, 0.6) is 0 Å². The first-order valence-electron chi connectivity index (χ1n) is 4.68. The number of benzene rings is 1. The molecule has 0 radical (unpaired) electrons. The Morgan fingerprint density at radius 2 is 2.12 bits per heavy atom. The summed E-state index contributed by atoms with van der Waals surface area (Å²) in [6, 6.07) is 6.07. The van der Waals surface area contributed by atoms with Crippen LogP contribution >= 0.6 is 11.6 Å². The summed E-state index contributed by atoms with van der Waals surface area (Å²) in [5.74, 6) is 0.129. The number of anilines is 1. The smallest absolute Gasteiger partial charge is 0.263 e. The van der Waals surface area contributed by atoms with Crippen molar-refractivity contribution in [2.75, 3.05) is 4.72 Å². The molecule has 0 aliphatic carbocycles. The van der Waals surface area contributed by atoms with Crippen LogP contribution in [0.1, 0.15) is 5.56 Å². The third kappa shape index (κ3) is 2.59. The van der Waals surface area contributed by atoms with Crippen LogP contribution in [0.15, 0.2) is 39.9 Å². The molecule has 0 unspecified atom stereocenters. The molecule has 1 aromatic heterocycles. The minimum absolute atomic E-state index is 0.119. The van der Waals surface area contributed by atoms with Crippen molar-refractivity contribution in [1.82, 2.24) is 5.16 Å². The highest BCUT2D eigenvalue weighted by molar-refractivity contribution is 7.92. The van der Waals surface area contributed by atoms with Gasteiger partial charge in [-0.2, -0.15) is 0 Å². The number of nitrogens with one attached hydrogen (secondary N) is 1. The van der Waals surface area contributed by atoms with Crippen LogP contribution in [0.3, 0.4) is 0 Å². The molecule has 1 N–H and O–H groups in total. The molecule has 2 rings (SSSR count). The SMILES string of the molecule is Cc1ccc(Cl)cc1S(=O)(=O)Nc1ccon1. The molecule has 2 aromatic rings. The van der Waals surface area contributed by atoms with Gasteiger partial charge in [-0.15, -0.1) is 0 Å². The van der Waals surface area contributed by atoms with E-state index >= 15 is 0 Å². The first-order valence-corrected chi connectivity index (χ1v) is 6.54. The van der Waals surface area contributed by atoms with Crippen molar-refractivity contribution < 1.29 is 12.9 Å². The molecule has 7 heteroatoms. The Hall–Kier alpha value is -1.53. The number of hydrogen-bond donors (Lipinski definition) is 1. The van der Waals surface area contributed by atoms with Crippen LogP contribution in [0.25, 0.3) is 0 Å². The summed E-state index contributed by atoms with van der Waals surface area (Å²) in [5.41, 5.74) is 0.602. The van der Waals surface area contributed by atoms with Crippen LogP contribution in [-0.4, -0.2) is 13.6 Å². The summed E-state index contributed by atoms with van der Waals surface area (Å²) in [6.07, 6.45) is 1.28. The number of halogens is 1. The summed E-state index contributed by atoms with van der Waals surface area (Å²) in [5, 5.41) is 3.84. The lowest BCUT2D eigenvalue weighted by Crippen LogP contribution is -2.14. The van der Waals surface area contributed by atoms with Crippen LogP contribution in [0.2, 0.25) is 5.02 Å². The van der Waals surface area contributed by atoms with Gasteiger partial charge < -0.3 is 4.52 Å². The van der Waals surface area contributed by atoms with E-state index in [2.05, 4.69) is 14.4 Å². The topological polar surface area (TPSA) is 72.2 Å². The van der Waals surface area contributed by atoms with Crippen molar-refractivity contribution in [2.24, 2.45) is 0 Å². The lowest BCUT2D eigenvalue weighted by atomic mass is 10.2. The maximum atomic E-state index is 12.0. The van der Waals surface area contributed by atoms with Gasteiger partial charge in [0.2, 0.25) is 0 Å². The zero-order valence-electron chi connectivity index (χ0n) is 8.84. The van der Waals surface area contributed by atoms with Crippen LogP contribution in [0, 0.1) is 6.92 Å². The van der Waals surface area contributed by atoms with Gasteiger partial charge in [0.05, 0.1) is 4.90 Å². The molecule has 0 fully saturated rings. The first kappa shape index (κ1) is 11.9. The highest BCUT2D eigenvalue weighted by atomic mass is 35.5. The third-order valence-electron chi connectivity index (χ3n) is 2.12. The Balaban J connectivity index is 2.41. The maximum Gasteiger partial charge on any atom is 0.263 e. The Morgan fingerprint density at radius 3 is 2.76 bits per heavy atom. The quantitative estimate of drug-likeness (QED) is 0.931. The van der Waals surface area contributed by atoms with Gasteiger partial charge in [0, 0.05) is 11.1 Å². The molecule has 1 heterocycles. The maximum absolute atomic E-state index is 12.0. The summed E-state index contributed by atoms with van der Waals surface area (Å²) in [6.45, 7) is 1.69. The molecule has 0 aliphatic heterocycles. The number of rotatable bonds is 3. The van der Waals surface area contributed by atoms with Gasteiger partial charge in [0.1, 0.15) is 6.26 Å². The minimum atomic E-state index is -3.69. The number of aromatic nitrogens is 1. The van der Waals surface area contributed by atoms with Gasteiger partial charge in [-0.1, -0.05) is 22.8 Å². The molecule has 0 bridgehead atoms. The van der Waals surface area contributed by atoms with Gasteiger partial charge in [0.25, 0.3) is 10.0 Å². The molecule has 0 spiro atoms. The van der Waals surface area contributed by atoms with E-state index in [0.29, 0.717) is 10.6 Å². The number of sulfonamides is 1. The van der Waals surface area contributed by atoms with Crippen molar-refractivity contribution in [3.8, 4) is 0 Å². The molecule has 17 heavy (non-hydrogen) atoms. The van der Waals surface area contributed by atoms with Gasteiger partial charge in [0.15, 0.2) is 5.82 Å². The Bertz CT molecular complexity index is 623. The fraction of sp³-hybridized carbons (Fsp3) is 0.100. The fourth-order valence-corrected chi connectivity index (χ4v) is 2.82. The molecule has 5 nitrogen and oxygen atoms in total. The summed E-state index contributed by atoms with van der Waals surface area (Å²) in [4.78, 5) is 0.119. The van der Waals surface area contributed by atoms with E-state index in [-0.39, 0.29) is 10.7 Å². The van der Waals surface area contributed by atoms with E-state index < -0.39 is 10.0 Å². The van der Waals surface area contributed by atoms with Crippen molar-refractivity contribution >= 4 is 27.4 Å². The first-order chi connectivity index (χ1) is 7.99. The van der Waals surface area contributed by atoms with Crippen LogP contribution < -0.4 is 4.72 Å². The second-order valence-electron chi connectivity index (χ2n) is 3.40. The second kappa shape index (κ2) is 4.38. The highest BCUT2D eigenvalue weighted by Crippen LogP contribution is 2.22. The number of nitrogens with zero attached hydrogens (tertiary/aromatic N) is 1. The van der Waals surface area contributed by atoms with Crippen molar-refractivity contribution in [2.45, 2.75) is 11.8 Å². The Labute approximate surface area is 103 Å². The molecular weight excluding hydrogens is 264 g/mol. The lowest BCUT2D eigenvalue weighted by molar-refractivity contribution is 0.423. The molecule has 0 aliphatic rings. The van der Waals surface area contributed by atoms with Gasteiger partial charge in [-0.3, -0.25) is 4.72 Å². The number of aryl methyl sites for hydroxylation is 1. The van der Waals surface area contributed by atoms with E-state index in [0.717, 1.165) is 0 Å². The number of hydrogen-bond acceptors (Lipinski definition) is 4. The molecular formula is C10H9ClN2O3S. The molecule has 90 valence electrons. The van der Waals surface area contributed by atoms with Gasteiger partial charge in [-0.05, 0) is 24.6 Å². The Morgan fingerprint density at radius 1 is 1.35 bits per heavy atom. The van der Waals surface area contributed by atoms with E-state index in [1.807, 2.05) is 0 Å². The van der Waals surface area contributed by atoms with E-state index in [1.165, 1.54) is 18.4 Å². The lowest BCUT2D eigenvalue weighted by Gasteiger charge is -2.08. The molecule has 0 amide bonds. The summed E-state index contributed by atoms with van der Waals surface area (Å²) in [7, 11) is -3.69. The largest absolute Gasteiger partial charge is 0.363 e. The third-order valence-corrected chi connectivity index (χ3v) is 3.85. The zero-order chi connectivity index (χ0) is 12.5. The zero-order valence-corrected chi connectivity index (χ0v) is 10.4. The monoisotopic (exact) mass is 272 g/mol. The van der Waals surface area contributed by atoms with Gasteiger partial charge in [-0.25, -0.2) is 8.42 Å². The normalized spacial score (nSPS) is 11.4. The Kier molecular flexibility index (Phi) is 3.08. The standard InChI is InChI=1S/C10H9ClN2O3S/c1-7-2-3-8(11)6-9(7)17(14,15)13-10-4-5-16-12-10/h2-6H,1H3,(H,12,13). The second-order valence-corrected chi connectivity index (χ2v) is 5.49. The fourth-order valence-electron chi connectivity index (χ4n) is 1.32. The van der Waals surface area contributed by atoms with Crippen molar-refractivity contribution in [3.63, 3.8) is 0 Å². The average molecular weight is 273 g/mol. The van der Waals surface area contributed by atoms with Crippen molar-refractivity contribution in [1.29, 1.82) is 0 Å². The summed E-state index contributed by atoms with van der Waals surface area (Å²) >= 11 is 5.78. The van der Waals surface area contributed by atoms with Crippen LogP contribution in [0.4, 0.5) is 5.82 Å². The predicted molar refractivity (Wildman–Crippen MR) is 63.5 cm³/mol. The van der Waals surface area contributed by atoms with Crippen LogP contribution in [-0.2, 0) is 10.0 Å². The predicted octanol–water partition coefficient (Wildman–Crippen LogP) is 2.44. The van der Waals surface area contributed by atoms with Gasteiger partial charge >= 0.3 is 0 Å². The minimum Gasteiger partial charge on any atom is -0.363 e. The summed E-state index contributed by atoms with van der Waals surface area (Å²) < 4.78 is 30.9. The molecule has 0 saturated heterocycles. The van der Waals surface area contributed by atoms with E-state index in [1.54, 1.807) is 19.1 Å². The molecule has 1 aromatic carbocycles. The highest BCUT2D eigenvalue weighted by Gasteiger charge is 2.18. The van der Waals surface area contributed by atoms with Crippen molar-refractivity contribution in [3.05, 3.63) is 41.1 Å². The molecule has 0 atom stereocenters.